The number of hydrogen-bond acceptors (Lipinski definition) is 2. The highest BCUT2D eigenvalue weighted by atomic mass is 19.1. The van der Waals surface area contributed by atoms with E-state index < -0.39 is 0 Å². The molecule has 4 heteroatoms. The predicted octanol–water partition coefficient (Wildman–Crippen LogP) is 3.17. The summed E-state index contributed by atoms with van der Waals surface area (Å²) >= 11 is 0. The third kappa shape index (κ3) is 2.33. The molecule has 0 aliphatic rings. The summed E-state index contributed by atoms with van der Waals surface area (Å²) in [6.07, 6.45) is 1.84. The second kappa shape index (κ2) is 5.27. The first kappa shape index (κ1) is 12.6. The van der Waals surface area contributed by atoms with Crippen molar-refractivity contribution in [2.45, 2.75) is 6.61 Å². The molecule has 0 bridgehead atoms. The Balaban J connectivity index is 2.07. The molecule has 0 radical (unpaired) electrons. The van der Waals surface area contributed by atoms with Gasteiger partial charge in [-0.05, 0) is 29.8 Å². The van der Waals surface area contributed by atoms with Crippen LogP contribution in [0.2, 0.25) is 0 Å². The van der Waals surface area contributed by atoms with Crippen LogP contribution in [0.15, 0.2) is 60.8 Å². The lowest BCUT2D eigenvalue weighted by molar-refractivity contribution is 0.276. The van der Waals surface area contributed by atoms with Gasteiger partial charge >= 0.3 is 0 Å². The van der Waals surface area contributed by atoms with Crippen LogP contribution in [0.3, 0.4) is 0 Å². The second-order valence-corrected chi connectivity index (χ2v) is 4.43. The third-order valence-electron chi connectivity index (χ3n) is 3.12. The summed E-state index contributed by atoms with van der Waals surface area (Å²) in [4.78, 5) is 0. The minimum absolute atomic E-state index is 0.140. The van der Waals surface area contributed by atoms with Crippen molar-refractivity contribution in [2.75, 3.05) is 0 Å². The molecule has 0 fully saturated rings. The molecule has 3 aromatic rings. The number of aromatic nitrogens is 2. The van der Waals surface area contributed by atoms with Crippen molar-refractivity contribution >= 4 is 0 Å². The Bertz CT molecular complexity index is 705. The molecule has 2 aromatic carbocycles. The molecule has 0 aliphatic heterocycles. The lowest BCUT2D eigenvalue weighted by Gasteiger charge is -2.00. The smallest absolute Gasteiger partial charge is 0.123 e. The van der Waals surface area contributed by atoms with Crippen molar-refractivity contribution in [3.8, 4) is 16.8 Å². The molecule has 0 saturated carbocycles. The Labute approximate surface area is 115 Å². The summed E-state index contributed by atoms with van der Waals surface area (Å²) in [6, 6.07) is 15.8. The molecule has 0 unspecified atom stereocenters. The predicted molar refractivity (Wildman–Crippen MR) is 74.9 cm³/mol. The Kier molecular flexibility index (Phi) is 3.31. The quantitative estimate of drug-likeness (QED) is 0.792. The number of benzene rings is 2. The average Bonchev–Trinajstić information content (AvgIpc) is 2.93. The van der Waals surface area contributed by atoms with Gasteiger partial charge in [-0.3, -0.25) is 0 Å². The number of aliphatic hydroxyl groups excluding tert-OH is 1. The van der Waals surface area contributed by atoms with E-state index in [4.69, 9.17) is 0 Å². The topological polar surface area (TPSA) is 38.1 Å². The van der Waals surface area contributed by atoms with E-state index in [9.17, 15) is 9.50 Å². The first-order valence-corrected chi connectivity index (χ1v) is 6.28. The van der Waals surface area contributed by atoms with Gasteiger partial charge in [0.05, 0.1) is 18.0 Å². The van der Waals surface area contributed by atoms with Crippen LogP contribution in [0, 0.1) is 5.82 Å². The van der Waals surface area contributed by atoms with Crippen LogP contribution >= 0.6 is 0 Å². The van der Waals surface area contributed by atoms with E-state index in [0.29, 0.717) is 5.69 Å². The number of halogens is 1. The molecule has 0 saturated heterocycles. The van der Waals surface area contributed by atoms with Gasteiger partial charge in [-0.15, -0.1) is 0 Å². The highest BCUT2D eigenvalue weighted by Gasteiger charge is 2.11. The first-order chi connectivity index (χ1) is 9.78. The Morgan fingerprint density at radius 1 is 1.00 bits per heavy atom. The van der Waals surface area contributed by atoms with E-state index in [0.717, 1.165) is 16.8 Å². The summed E-state index contributed by atoms with van der Waals surface area (Å²) in [5, 5.41) is 13.8. The highest BCUT2D eigenvalue weighted by Crippen LogP contribution is 2.24. The zero-order valence-corrected chi connectivity index (χ0v) is 10.7. The fourth-order valence-electron chi connectivity index (χ4n) is 2.11. The monoisotopic (exact) mass is 268 g/mol. The summed E-state index contributed by atoms with van der Waals surface area (Å²) in [6.45, 7) is -0.140. The summed E-state index contributed by atoms with van der Waals surface area (Å²) in [5.41, 5.74) is 3.21. The van der Waals surface area contributed by atoms with Gasteiger partial charge < -0.3 is 5.11 Å². The van der Waals surface area contributed by atoms with Gasteiger partial charge in [0.2, 0.25) is 0 Å². The van der Waals surface area contributed by atoms with E-state index in [-0.39, 0.29) is 12.4 Å². The van der Waals surface area contributed by atoms with E-state index in [1.807, 2.05) is 36.5 Å². The molecule has 1 aromatic heterocycles. The molecule has 0 amide bonds. The maximum absolute atomic E-state index is 12.9. The van der Waals surface area contributed by atoms with Crippen molar-refractivity contribution in [2.24, 2.45) is 0 Å². The van der Waals surface area contributed by atoms with Crippen LogP contribution < -0.4 is 0 Å². The minimum atomic E-state index is -0.286. The van der Waals surface area contributed by atoms with Crippen molar-refractivity contribution in [1.29, 1.82) is 0 Å². The van der Waals surface area contributed by atoms with Crippen LogP contribution in [-0.4, -0.2) is 14.9 Å². The molecule has 3 rings (SSSR count). The Morgan fingerprint density at radius 3 is 2.35 bits per heavy atom. The van der Waals surface area contributed by atoms with E-state index >= 15 is 0 Å². The zero-order chi connectivity index (χ0) is 13.9. The van der Waals surface area contributed by atoms with E-state index in [1.54, 1.807) is 16.8 Å². The van der Waals surface area contributed by atoms with Crippen LogP contribution in [-0.2, 0) is 6.61 Å². The molecule has 0 spiro atoms. The van der Waals surface area contributed by atoms with Gasteiger partial charge in [-0.25, -0.2) is 9.07 Å². The maximum atomic E-state index is 12.9. The van der Waals surface area contributed by atoms with Gasteiger partial charge in [0.1, 0.15) is 5.82 Å². The van der Waals surface area contributed by atoms with Crippen molar-refractivity contribution in [3.63, 3.8) is 0 Å². The van der Waals surface area contributed by atoms with Crippen molar-refractivity contribution in [1.82, 2.24) is 9.78 Å². The van der Waals surface area contributed by atoms with Crippen molar-refractivity contribution in [3.05, 3.63) is 72.3 Å². The fraction of sp³-hybridized carbons (Fsp3) is 0.0625. The summed E-state index contributed by atoms with van der Waals surface area (Å²) < 4.78 is 14.6. The molecule has 0 atom stereocenters. The second-order valence-electron chi connectivity index (χ2n) is 4.43. The lowest BCUT2D eigenvalue weighted by atomic mass is 10.1. The van der Waals surface area contributed by atoms with Gasteiger partial charge in [0.15, 0.2) is 0 Å². The summed E-state index contributed by atoms with van der Waals surface area (Å²) in [7, 11) is 0. The number of aliphatic hydroxyl groups is 1. The SMILES string of the molecule is OCc1nn(-c2ccc(F)cc2)cc1-c1ccccc1. The van der Waals surface area contributed by atoms with E-state index in [1.165, 1.54) is 12.1 Å². The van der Waals surface area contributed by atoms with Gasteiger partial charge in [-0.2, -0.15) is 5.10 Å². The van der Waals surface area contributed by atoms with Crippen LogP contribution in [0.5, 0.6) is 0 Å². The van der Waals surface area contributed by atoms with Gasteiger partial charge in [-0.1, -0.05) is 30.3 Å². The van der Waals surface area contributed by atoms with Crippen LogP contribution in [0.1, 0.15) is 5.69 Å². The maximum Gasteiger partial charge on any atom is 0.123 e. The lowest BCUT2D eigenvalue weighted by Crippen LogP contribution is -1.96. The standard InChI is InChI=1S/C16H13FN2O/c17-13-6-8-14(9-7-13)19-10-15(16(11-20)18-19)12-4-2-1-3-5-12/h1-10,20H,11H2. The Morgan fingerprint density at radius 2 is 1.70 bits per heavy atom. The molecule has 1 N–H and O–H groups in total. The first-order valence-electron chi connectivity index (χ1n) is 6.28. The number of nitrogens with zero attached hydrogens (tertiary/aromatic N) is 2. The number of hydrogen-bond donors (Lipinski definition) is 1. The molecule has 0 aliphatic carbocycles. The van der Waals surface area contributed by atoms with E-state index in [2.05, 4.69) is 5.10 Å². The molecular weight excluding hydrogens is 255 g/mol. The van der Waals surface area contributed by atoms with Crippen molar-refractivity contribution < 1.29 is 9.50 Å². The molecular formula is C16H13FN2O. The third-order valence-corrected chi connectivity index (χ3v) is 3.12. The summed E-state index contributed by atoms with van der Waals surface area (Å²) in [5.74, 6) is -0.286. The largest absolute Gasteiger partial charge is 0.390 e. The molecule has 100 valence electrons. The highest BCUT2D eigenvalue weighted by molar-refractivity contribution is 5.65. The normalized spacial score (nSPS) is 10.7. The minimum Gasteiger partial charge on any atom is -0.390 e. The Hall–Kier alpha value is -2.46. The zero-order valence-electron chi connectivity index (χ0n) is 10.7. The van der Waals surface area contributed by atoms with Gasteiger partial charge in [0, 0.05) is 11.8 Å². The molecule has 20 heavy (non-hydrogen) atoms. The number of rotatable bonds is 3. The fourth-order valence-corrected chi connectivity index (χ4v) is 2.11. The van der Waals surface area contributed by atoms with Crippen LogP contribution in [0.4, 0.5) is 4.39 Å². The average molecular weight is 268 g/mol. The van der Waals surface area contributed by atoms with Crippen LogP contribution in [0.25, 0.3) is 16.8 Å². The van der Waals surface area contributed by atoms with Gasteiger partial charge in [0.25, 0.3) is 0 Å². The molecule has 3 nitrogen and oxygen atoms in total. The molecule has 1 heterocycles.